The Labute approximate surface area is 79.8 Å². The average Bonchev–Trinajstić information content (AvgIpc) is 2.21. The van der Waals surface area contributed by atoms with E-state index in [-0.39, 0.29) is 5.75 Å². The van der Waals surface area contributed by atoms with Gasteiger partial charge in [-0.1, -0.05) is 18.2 Å². The van der Waals surface area contributed by atoms with Gasteiger partial charge in [-0.15, -0.1) is 4.79 Å². The molecule has 0 bridgehead atoms. The first-order valence-electron chi connectivity index (χ1n) is 3.67. The van der Waals surface area contributed by atoms with Crippen LogP contribution in [0.25, 0.3) is 5.53 Å². The standard InChI is InChI=1S/C9H5N3O2/c10-6-8(12-11)9(13)14-7-4-2-1-3-5-7/h1-5H. The molecule has 0 fully saturated rings. The van der Waals surface area contributed by atoms with Crippen molar-refractivity contribution < 1.29 is 14.3 Å². The van der Waals surface area contributed by atoms with Gasteiger partial charge in [0.25, 0.3) is 0 Å². The van der Waals surface area contributed by atoms with Crippen molar-refractivity contribution in [3.8, 4) is 11.8 Å². The van der Waals surface area contributed by atoms with Crippen molar-refractivity contribution in [3.63, 3.8) is 0 Å². The van der Waals surface area contributed by atoms with Gasteiger partial charge < -0.3 is 10.3 Å². The molecule has 0 aliphatic carbocycles. The van der Waals surface area contributed by atoms with Crippen LogP contribution in [-0.4, -0.2) is 16.5 Å². The van der Waals surface area contributed by atoms with E-state index in [1.807, 2.05) is 0 Å². The lowest BCUT2D eigenvalue weighted by Crippen LogP contribution is -2.19. The van der Waals surface area contributed by atoms with Crippen LogP contribution in [0.15, 0.2) is 30.3 Å². The number of carbonyl (C=O) groups is 1. The predicted octanol–water partition coefficient (Wildman–Crippen LogP) is 0.786. The molecule has 0 N–H and O–H groups in total. The summed E-state index contributed by atoms with van der Waals surface area (Å²) in [6, 6.07) is 9.58. The summed E-state index contributed by atoms with van der Waals surface area (Å²) in [7, 11) is 0. The second-order valence-electron chi connectivity index (χ2n) is 2.26. The number of hydrogen-bond acceptors (Lipinski definition) is 3. The third-order valence-corrected chi connectivity index (χ3v) is 1.35. The Hall–Kier alpha value is -2.44. The molecule has 0 radical (unpaired) electrons. The lowest BCUT2D eigenvalue weighted by atomic mass is 10.3. The first kappa shape index (κ1) is 9.65. The zero-order valence-electron chi connectivity index (χ0n) is 7.04. The Morgan fingerprint density at radius 2 is 2.07 bits per heavy atom. The van der Waals surface area contributed by atoms with Crippen molar-refractivity contribution in [3.05, 3.63) is 35.9 Å². The number of benzene rings is 1. The van der Waals surface area contributed by atoms with Crippen LogP contribution >= 0.6 is 0 Å². The van der Waals surface area contributed by atoms with Crippen LogP contribution in [0.5, 0.6) is 5.75 Å². The second kappa shape index (κ2) is 4.55. The molecule has 0 heterocycles. The Morgan fingerprint density at radius 1 is 1.43 bits per heavy atom. The third-order valence-electron chi connectivity index (χ3n) is 1.35. The van der Waals surface area contributed by atoms with Gasteiger partial charge in [0.05, 0.1) is 0 Å². The van der Waals surface area contributed by atoms with Crippen molar-refractivity contribution in [1.29, 1.82) is 5.26 Å². The summed E-state index contributed by atoms with van der Waals surface area (Å²) < 4.78 is 4.71. The van der Waals surface area contributed by atoms with Crippen LogP contribution in [0.3, 0.4) is 0 Å². The maximum atomic E-state index is 11.0. The monoisotopic (exact) mass is 187 g/mol. The Kier molecular flexibility index (Phi) is 3.14. The van der Waals surface area contributed by atoms with E-state index in [1.165, 1.54) is 6.07 Å². The van der Waals surface area contributed by atoms with Gasteiger partial charge in [-0.2, -0.15) is 5.26 Å². The summed E-state index contributed by atoms with van der Waals surface area (Å²) in [6.07, 6.45) is 0. The molecule has 68 valence electrons. The maximum Gasteiger partial charge on any atom is 0.475 e. The lowest BCUT2D eigenvalue weighted by molar-refractivity contribution is -0.131. The number of carbonyl (C=O) groups excluding carboxylic acids is 1. The van der Waals surface area contributed by atoms with Gasteiger partial charge in [-0.3, -0.25) is 0 Å². The molecule has 0 saturated heterocycles. The molecule has 0 unspecified atom stereocenters. The number of rotatable bonds is 2. The molecule has 0 spiro atoms. The van der Waals surface area contributed by atoms with Crippen molar-refractivity contribution in [2.75, 3.05) is 0 Å². The largest absolute Gasteiger partial charge is 0.475 e. The summed E-state index contributed by atoms with van der Waals surface area (Å²) in [5, 5.41) is 8.33. The Balaban J connectivity index is 2.78. The molecule has 1 aromatic rings. The van der Waals surface area contributed by atoms with Crippen molar-refractivity contribution in [1.82, 2.24) is 0 Å². The van der Waals surface area contributed by atoms with Gasteiger partial charge >= 0.3 is 11.7 Å². The first-order valence-corrected chi connectivity index (χ1v) is 3.67. The van der Waals surface area contributed by atoms with E-state index >= 15 is 0 Å². The molecule has 1 aromatic carbocycles. The van der Waals surface area contributed by atoms with Crippen molar-refractivity contribution in [2.45, 2.75) is 0 Å². The van der Waals surface area contributed by atoms with Gasteiger partial charge in [0, 0.05) is 0 Å². The van der Waals surface area contributed by atoms with E-state index in [1.54, 1.807) is 30.3 Å². The van der Waals surface area contributed by atoms with Crippen LogP contribution in [-0.2, 0) is 4.79 Å². The molecule has 14 heavy (non-hydrogen) atoms. The summed E-state index contributed by atoms with van der Waals surface area (Å²) in [6.45, 7) is 0. The predicted molar refractivity (Wildman–Crippen MR) is 46.3 cm³/mol. The van der Waals surface area contributed by atoms with Crippen LogP contribution in [0, 0.1) is 11.3 Å². The first-order chi connectivity index (χ1) is 6.77. The SMILES string of the molecule is N#CC(=[N+]=[N-])C(=O)Oc1ccccc1. The van der Waals surface area contributed by atoms with Crippen LogP contribution < -0.4 is 4.74 Å². The van der Waals surface area contributed by atoms with Gasteiger partial charge in [-0.05, 0) is 12.1 Å². The molecule has 5 heteroatoms. The minimum absolute atomic E-state index is 0.286. The molecule has 0 amide bonds. The minimum atomic E-state index is -0.985. The van der Waals surface area contributed by atoms with Gasteiger partial charge in [-0.25, -0.2) is 4.79 Å². The number of hydrogen-bond donors (Lipinski definition) is 0. The molecule has 0 saturated carbocycles. The number of para-hydroxylation sites is 1. The van der Waals surface area contributed by atoms with E-state index in [4.69, 9.17) is 15.5 Å². The van der Waals surface area contributed by atoms with E-state index in [0.717, 1.165) is 0 Å². The summed E-state index contributed by atoms with van der Waals surface area (Å²) in [4.78, 5) is 13.5. The van der Waals surface area contributed by atoms with Gasteiger partial charge in [0.15, 0.2) is 6.07 Å². The number of nitrogens with zero attached hydrogens (tertiary/aromatic N) is 3. The van der Waals surface area contributed by atoms with Crippen LogP contribution in [0.4, 0.5) is 0 Å². The molecule has 0 atom stereocenters. The molecular weight excluding hydrogens is 182 g/mol. The highest BCUT2D eigenvalue weighted by Gasteiger charge is 2.21. The lowest BCUT2D eigenvalue weighted by Gasteiger charge is -1.96. The van der Waals surface area contributed by atoms with Crippen LogP contribution in [0.1, 0.15) is 0 Å². The maximum absolute atomic E-state index is 11.0. The molecular formula is C9H5N3O2. The normalized spacial score (nSPS) is 8.21. The van der Waals surface area contributed by atoms with Gasteiger partial charge in [0.2, 0.25) is 0 Å². The van der Waals surface area contributed by atoms with E-state index < -0.39 is 11.7 Å². The van der Waals surface area contributed by atoms with Crippen molar-refractivity contribution >= 4 is 11.7 Å². The van der Waals surface area contributed by atoms with Gasteiger partial charge in [0.1, 0.15) is 5.75 Å². The number of nitriles is 1. The number of ether oxygens (including phenoxy) is 1. The topological polar surface area (TPSA) is 86.5 Å². The van der Waals surface area contributed by atoms with E-state index in [0.29, 0.717) is 0 Å². The van der Waals surface area contributed by atoms with Crippen LogP contribution in [0.2, 0.25) is 0 Å². The smallest absolute Gasteiger partial charge is 0.417 e. The third kappa shape index (κ3) is 2.27. The fourth-order valence-electron chi connectivity index (χ4n) is 0.753. The van der Waals surface area contributed by atoms with Crippen molar-refractivity contribution in [2.24, 2.45) is 0 Å². The molecule has 1 rings (SSSR count). The summed E-state index contributed by atoms with van der Waals surface area (Å²) >= 11 is 0. The van der Waals surface area contributed by atoms with E-state index in [2.05, 4.69) is 4.79 Å². The number of esters is 1. The highest BCUT2D eigenvalue weighted by atomic mass is 16.5. The molecule has 0 aromatic heterocycles. The Morgan fingerprint density at radius 3 is 2.57 bits per heavy atom. The summed E-state index contributed by atoms with van der Waals surface area (Å²) in [5.41, 5.74) is 7.55. The molecule has 0 aliphatic heterocycles. The molecule has 0 aliphatic rings. The fraction of sp³-hybridized carbons (Fsp3) is 0. The quantitative estimate of drug-likeness (QED) is 0.225. The second-order valence-corrected chi connectivity index (χ2v) is 2.26. The zero-order chi connectivity index (χ0) is 10.4. The summed E-state index contributed by atoms with van der Waals surface area (Å²) in [5.74, 6) is -0.699. The van der Waals surface area contributed by atoms with E-state index in [9.17, 15) is 4.79 Å². The highest BCUT2D eigenvalue weighted by molar-refractivity contribution is 6.40. The minimum Gasteiger partial charge on any atom is -0.417 e. The molecule has 5 nitrogen and oxygen atoms in total. The fourth-order valence-corrected chi connectivity index (χ4v) is 0.753. The Bertz CT molecular complexity index is 427. The zero-order valence-corrected chi connectivity index (χ0v) is 7.04. The highest BCUT2D eigenvalue weighted by Crippen LogP contribution is 2.08. The average molecular weight is 187 g/mol.